The summed E-state index contributed by atoms with van der Waals surface area (Å²) in [4.78, 5) is 27.7. The van der Waals surface area contributed by atoms with Crippen LogP contribution in [0.4, 0.5) is 10.1 Å². The molecule has 2 amide bonds. The number of carbonyl (C=O) groups excluding carboxylic acids is 2. The summed E-state index contributed by atoms with van der Waals surface area (Å²) in [6.45, 7) is 4.57. The SMILES string of the molecule is CC(C)NC(=O)[C@@H](C)N(Cc1ccccc1)C(=O)CN(c1ccccc1F)S(=O)(=O)c1ccccc1. The second-order valence-corrected chi connectivity index (χ2v) is 10.5. The van der Waals surface area contributed by atoms with Crippen molar-refractivity contribution < 1.29 is 22.4 Å². The number of nitrogens with one attached hydrogen (secondary N) is 1. The van der Waals surface area contributed by atoms with Gasteiger partial charge < -0.3 is 10.2 Å². The minimum Gasteiger partial charge on any atom is -0.352 e. The fourth-order valence-electron chi connectivity index (χ4n) is 3.65. The van der Waals surface area contributed by atoms with E-state index in [1.54, 1.807) is 39.0 Å². The van der Waals surface area contributed by atoms with E-state index in [0.717, 1.165) is 15.9 Å². The van der Waals surface area contributed by atoms with Crippen LogP contribution in [-0.2, 0) is 26.2 Å². The van der Waals surface area contributed by atoms with E-state index in [2.05, 4.69) is 5.32 Å². The van der Waals surface area contributed by atoms with E-state index < -0.39 is 34.3 Å². The topological polar surface area (TPSA) is 86.8 Å². The molecule has 0 saturated heterocycles. The Morgan fingerprint density at radius 2 is 1.42 bits per heavy atom. The van der Waals surface area contributed by atoms with Crippen molar-refractivity contribution in [2.24, 2.45) is 0 Å². The molecule has 0 aliphatic carbocycles. The maximum Gasteiger partial charge on any atom is 0.264 e. The van der Waals surface area contributed by atoms with Gasteiger partial charge in [0.1, 0.15) is 18.4 Å². The van der Waals surface area contributed by atoms with Crippen LogP contribution >= 0.6 is 0 Å². The highest BCUT2D eigenvalue weighted by Crippen LogP contribution is 2.26. The van der Waals surface area contributed by atoms with Crippen LogP contribution in [-0.4, -0.2) is 43.8 Å². The number of rotatable bonds is 10. The van der Waals surface area contributed by atoms with Crippen LogP contribution in [0.5, 0.6) is 0 Å². The minimum atomic E-state index is -4.30. The van der Waals surface area contributed by atoms with Crippen LogP contribution in [0.25, 0.3) is 0 Å². The first-order chi connectivity index (χ1) is 17.1. The third kappa shape index (κ3) is 6.48. The molecule has 1 N–H and O–H groups in total. The van der Waals surface area contributed by atoms with Gasteiger partial charge in [-0.25, -0.2) is 12.8 Å². The molecule has 190 valence electrons. The van der Waals surface area contributed by atoms with E-state index >= 15 is 0 Å². The standard InChI is InChI=1S/C27H30FN3O4S/c1-20(2)29-27(33)21(3)30(18-22-12-6-4-7-13-22)26(32)19-31(25-17-11-10-16-24(25)28)36(34,35)23-14-8-5-9-15-23/h4-17,20-21H,18-19H2,1-3H3,(H,29,33)/t21-/m1/s1. The average Bonchev–Trinajstić information content (AvgIpc) is 2.86. The number of halogens is 1. The second kappa shape index (κ2) is 11.8. The minimum absolute atomic E-state index is 0.0723. The molecule has 0 spiro atoms. The lowest BCUT2D eigenvalue weighted by Crippen LogP contribution is -2.52. The third-order valence-electron chi connectivity index (χ3n) is 5.53. The summed E-state index contributed by atoms with van der Waals surface area (Å²) in [5, 5.41) is 2.79. The number of hydrogen-bond acceptors (Lipinski definition) is 4. The Morgan fingerprint density at radius 1 is 0.861 bits per heavy atom. The van der Waals surface area contributed by atoms with Crippen molar-refractivity contribution in [2.45, 2.75) is 44.3 Å². The maximum atomic E-state index is 14.8. The van der Waals surface area contributed by atoms with Gasteiger partial charge >= 0.3 is 0 Å². The normalized spacial score (nSPS) is 12.1. The van der Waals surface area contributed by atoms with Crippen LogP contribution in [0.3, 0.4) is 0 Å². The summed E-state index contributed by atoms with van der Waals surface area (Å²) in [5.74, 6) is -1.81. The van der Waals surface area contributed by atoms with Gasteiger partial charge in [-0.3, -0.25) is 13.9 Å². The molecule has 0 bridgehead atoms. The van der Waals surface area contributed by atoms with Gasteiger partial charge in [-0.05, 0) is 50.6 Å². The average molecular weight is 512 g/mol. The first kappa shape index (κ1) is 26.9. The van der Waals surface area contributed by atoms with Gasteiger partial charge in [0, 0.05) is 12.6 Å². The number of para-hydroxylation sites is 1. The Bertz CT molecular complexity index is 1280. The predicted molar refractivity (Wildman–Crippen MR) is 137 cm³/mol. The van der Waals surface area contributed by atoms with Crippen molar-refractivity contribution in [1.29, 1.82) is 0 Å². The third-order valence-corrected chi connectivity index (χ3v) is 7.30. The van der Waals surface area contributed by atoms with Crippen LogP contribution in [0.1, 0.15) is 26.3 Å². The van der Waals surface area contributed by atoms with Gasteiger partial charge in [0.25, 0.3) is 10.0 Å². The summed E-state index contributed by atoms with van der Waals surface area (Å²) in [7, 11) is -4.30. The number of sulfonamides is 1. The first-order valence-electron chi connectivity index (χ1n) is 11.6. The van der Waals surface area contributed by atoms with Crippen molar-refractivity contribution in [2.75, 3.05) is 10.8 Å². The predicted octanol–water partition coefficient (Wildman–Crippen LogP) is 3.96. The fraction of sp³-hybridized carbons (Fsp3) is 0.259. The summed E-state index contributed by atoms with van der Waals surface area (Å²) < 4.78 is 42.7. The molecule has 3 rings (SSSR count). The van der Waals surface area contributed by atoms with Gasteiger partial charge in [0.15, 0.2) is 0 Å². The Morgan fingerprint density at radius 3 is 2.00 bits per heavy atom. The number of nitrogens with zero attached hydrogens (tertiary/aromatic N) is 2. The number of benzene rings is 3. The summed E-state index contributed by atoms with van der Waals surface area (Å²) in [5.41, 5.74) is 0.507. The molecule has 7 nitrogen and oxygen atoms in total. The number of anilines is 1. The van der Waals surface area contributed by atoms with E-state index in [0.29, 0.717) is 0 Å². The molecule has 0 fully saturated rings. The molecule has 0 aliphatic heterocycles. The van der Waals surface area contributed by atoms with E-state index in [9.17, 15) is 22.4 Å². The Balaban J connectivity index is 2.02. The number of amides is 2. The molecule has 0 unspecified atom stereocenters. The van der Waals surface area contributed by atoms with Crippen LogP contribution < -0.4 is 9.62 Å². The molecule has 0 aromatic heterocycles. The van der Waals surface area contributed by atoms with Gasteiger partial charge in [-0.15, -0.1) is 0 Å². The molecule has 0 saturated carbocycles. The van der Waals surface area contributed by atoms with E-state index in [4.69, 9.17) is 0 Å². The van der Waals surface area contributed by atoms with Crippen molar-refractivity contribution in [3.8, 4) is 0 Å². The van der Waals surface area contributed by atoms with Gasteiger partial charge in [0.05, 0.1) is 10.6 Å². The fourth-order valence-corrected chi connectivity index (χ4v) is 5.10. The molecule has 0 aliphatic rings. The van der Waals surface area contributed by atoms with E-state index in [-0.39, 0.29) is 29.1 Å². The highest BCUT2D eigenvalue weighted by Gasteiger charge is 2.33. The number of carbonyl (C=O) groups is 2. The van der Waals surface area contributed by atoms with Crippen LogP contribution in [0, 0.1) is 5.82 Å². The molecule has 0 radical (unpaired) electrons. The molecule has 36 heavy (non-hydrogen) atoms. The zero-order chi connectivity index (χ0) is 26.3. The molecule has 0 heterocycles. The largest absolute Gasteiger partial charge is 0.352 e. The van der Waals surface area contributed by atoms with Crippen LogP contribution in [0.2, 0.25) is 0 Å². The van der Waals surface area contributed by atoms with Crippen molar-refractivity contribution in [3.63, 3.8) is 0 Å². The second-order valence-electron chi connectivity index (χ2n) is 8.62. The van der Waals surface area contributed by atoms with Crippen LogP contribution in [0.15, 0.2) is 89.8 Å². The lowest BCUT2D eigenvalue weighted by atomic mass is 10.1. The van der Waals surface area contributed by atoms with Gasteiger partial charge in [-0.1, -0.05) is 60.7 Å². The van der Waals surface area contributed by atoms with Crippen molar-refractivity contribution in [1.82, 2.24) is 10.2 Å². The molecular formula is C27H30FN3O4S. The van der Waals surface area contributed by atoms with Gasteiger partial charge in [-0.2, -0.15) is 0 Å². The van der Waals surface area contributed by atoms with E-state index in [1.165, 1.54) is 35.2 Å². The number of hydrogen-bond donors (Lipinski definition) is 1. The zero-order valence-corrected chi connectivity index (χ0v) is 21.3. The quantitative estimate of drug-likeness (QED) is 0.446. The Kier molecular flexibility index (Phi) is 8.82. The Hall–Kier alpha value is -3.72. The van der Waals surface area contributed by atoms with Crippen molar-refractivity contribution >= 4 is 27.5 Å². The lowest BCUT2D eigenvalue weighted by molar-refractivity contribution is -0.139. The molecule has 9 heteroatoms. The summed E-state index contributed by atoms with van der Waals surface area (Å²) in [6, 6.07) is 20.9. The molecule has 3 aromatic carbocycles. The molecule has 1 atom stereocenters. The monoisotopic (exact) mass is 511 g/mol. The maximum absolute atomic E-state index is 14.8. The van der Waals surface area contributed by atoms with E-state index in [1.807, 2.05) is 30.3 Å². The van der Waals surface area contributed by atoms with Crippen molar-refractivity contribution in [3.05, 3.63) is 96.3 Å². The first-order valence-corrected chi connectivity index (χ1v) is 13.0. The smallest absolute Gasteiger partial charge is 0.264 e. The highest BCUT2D eigenvalue weighted by atomic mass is 32.2. The Labute approximate surface area is 211 Å². The summed E-state index contributed by atoms with van der Waals surface area (Å²) >= 11 is 0. The lowest BCUT2D eigenvalue weighted by Gasteiger charge is -2.32. The zero-order valence-electron chi connectivity index (χ0n) is 20.5. The molecule has 3 aromatic rings. The molecular weight excluding hydrogens is 481 g/mol. The summed E-state index contributed by atoms with van der Waals surface area (Å²) in [6.07, 6.45) is 0. The highest BCUT2D eigenvalue weighted by molar-refractivity contribution is 7.92. The van der Waals surface area contributed by atoms with Gasteiger partial charge in [0.2, 0.25) is 11.8 Å².